The normalized spacial score (nSPS) is 26.0. The van der Waals surface area contributed by atoms with Crippen molar-refractivity contribution in [3.8, 4) is 0 Å². The summed E-state index contributed by atoms with van der Waals surface area (Å²) in [4.78, 5) is 13.7. The van der Waals surface area contributed by atoms with Crippen molar-refractivity contribution in [1.29, 1.82) is 0 Å². The van der Waals surface area contributed by atoms with Crippen LogP contribution in [0.1, 0.15) is 25.5 Å². The van der Waals surface area contributed by atoms with Crippen LogP contribution in [0.4, 0.5) is 13.2 Å². The van der Waals surface area contributed by atoms with Gasteiger partial charge in [-0.15, -0.1) is 0 Å². The Morgan fingerprint density at radius 1 is 1.30 bits per heavy atom. The highest BCUT2D eigenvalue weighted by Crippen LogP contribution is 2.30. The molecule has 128 valence electrons. The van der Waals surface area contributed by atoms with E-state index in [9.17, 15) is 18.0 Å². The summed E-state index contributed by atoms with van der Waals surface area (Å²) in [6, 6.07) is 9.45. The summed E-state index contributed by atoms with van der Waals surface area (Å²) in [5, 5.41) is 1.92. The summed E-state index contributed by atoms with van der Waals surface area (Å²) >= 11 is 0. The van der Waals surface area contributed by atoms with Gasteiger partial charge in [0.1, 0.15) is 6.54 Å². The third-order valence-electron chi connectivity index (χ3n) is 3.98. The molecule has 2 rings (SSSR count). The largest absolute Gasteiger partial charge is 0.405 e. The van der Waals surface area contributed by atoms with E-state index in [2.05, 4.69) is 0 Å². The van der Waals surface area contributed by atoms with Crippen molar-refractivity contribution in [1.82, 2.24) is 10.2 Å². The highest BCUT2D eigenvalue weighted by Gasteiger charge is 2.35. The molecule has 7 heteroatoms. The van der Waals surface area contributed by atoms with E-state index < -0.39 is 18.6 Å². The maximum atomic E-state index is 12.2. The van der Waals surface area contributed by atoms with Crippen LogP contribution in [-0.2, 0) is 9.53 Å². The Morgan fingerprint density at radius 3 is 2.57 bits per heavy atom. The van der Waals surface area contributed by atoms with Crippen molar-refractivity contribution in [3.05, 3.63) is 35.9 Å². The molecule has 3 atom stereocenters. The van der Waals surface area contributed by atoms with Crippen LogP contribution < -0.4 is 5.32 Å². The molecule has 1 N–H and O–H groups in total. The summed E-state index contributed by atoms with van der Waals surface area (Å²) < 4.78 is 42.4. The summed E-state index contributed by atoms with van der Waals surface area (Å²) in [7, 11) is 0. The zero-order valence-electron chi connectivity index (χ0n) is 13.1. The van der Waals surface area contributed by atoms with Gasteiger partial charge in [0.25, 0.3) is 0 Å². The van der Waals surface area contributed by atoms with E-state index in [1.165, 1.54) is 0 Å². The van der Waals surface area contributed by atoms with E-state index in [1.807, 2.05) is 54.4 Å². The lowest BCUT2D eigenvalue weighted by molar-refractivity contribution is -0.143. The second-order valence-corrected chi connectivity index (χ2v) is 5.82. The lowest BCUT2D eigenvalue weighted by atomic mass is 9.98. The maximum absolute atomic E-state index is 12.2. The zero-order valence-corrected chi connectivity index (χ0v) is 13.1. The number of ether oxygens (including phenoxy) is 1. The summed E-state index contributed by atoms with van der Waals surface area (Å²) in [5.74, 6) is -0.630. The lowest BCUT2D eigenvalue weighted by Gasteiger charge is -2.43. The molecule has 1 aliphatic heterocycles. The second-order valence-electron chi connectivity index (χ2n) is 5.82. The molecule has 0 spiro atoms. The van der Waals surface area contributed by atoms with Gasteiger partial charge >= 0.3 is 6.18 Å². The van der Waals surface area contributed by atoms with Crippen LogP contribution in [0.2, 0.25) is 0 Å². The molecule has 1 aromatic carbocycles. The predicted octanol–water partition coefficient (Wildman–Crippen LogP) is 2.52. The Balaban J connectivity index is 2.00. The number of alkyl halides is 3. The number of rotatable bonds is 4. The first-order chi connectivity index (χ1) is 10.8. The number of benzene rings is 1. The van der Waals surface area contributed by atoms with Crippen LogP contribution in [0.25, 0.3) is 0 Å². The van der Waals surface area contributed by atoms with E-state index in [0.29, 0.717) is 6.61 Å². The molecule has 0 saturated carbocycles. The van der Waals surface area contributed by atoms with Crippen molar-refractivity contribution in [3.63, 3.8) is 0 Å². The number of halogens is 3. The average Bonchev–Trinajstić information content (AvgIpc) is 2.49. The minimum atomic E-state index is -4.40. The van der Waals surface area contributed by atoms with Crippen LogP contribution in [0.5, 0.6) is 0 Å². The molecule has 1 amide bonds. The number of hydrogen-bond acceptors (Lipinski definition) is 3. The number of nitrogens with one attached hydrogen (secondary N) is 1. The number of morpholine rings is 1. The van der Waals surface area contributed by atoms with Crippen LogP contribution in [0, 0.1) is 0 Å². The lowest BCUT2D eigenvalue weighted by Crippen LogP contribution is -2.54. The van der Waals surface area contributed by atoms with E-state index in [0.717, 1.165) is 5.56 Å². The number of carbonyl (C=O) groups excluding carboxylic acids is 1. The third kappa shape index (κ3) is 4.94. The number of carbonyl (C=O) groups is 1. The van der Waals surface area contributed by atoms with Crippen molar-refractivity contribution >= 4 is 5.91 Å². The van der Waals surface area contributed by atoms with Crippen LogP contribution in [0.3, 0.4) is 0 Å². The summed E-state index contributed by atoms with van der Waals surface area (Å²) in [5.41, 5.74) is 0.993. The van der Waals surface area contributed by atoms with Gasteiger partial charge in [-0.3, -0.25) is 9.69 Å². The minimum absolute atomic E-state index is 0.0402. The molecule has 1 fully saturated rings. The molecule has 1 heterocycles. The first-order valence-corrected chi connectivity index (χ1v) is 7.53. The molecule has 23 heavy (non-hydrogen) atoms. The second kappa shape index (κ2) is 7.31. The van der Waals surface area contributed by atoms with Crippen molar-refractivity contribution in [2.75, 3.05) is 19.7 Å². The SMILES string of the molecule is C[C@@H]1CO[C@H](c2ccccc2)[C@H](C)N1CC(=O)NCC(F)(F)F. The van der Waals surface area contributed by atoms with Gasteiger partial charge in [0, 0.05) is 12.1 Å². The predicted molar refractivity (Wildman–Crippen MR) is 79.8 cm³/mol. The van der Waals surface area contributed by atoms with Crippen LogP contribution in [0.15, 0.2) is 30.3 Å². The molecule has 0 aromatic heterocycles. The number of hydrogen-bond donors (Lipinski definition) is 1. The van der Waals surface area contributed by atoms with E-state index in [-0.39, 0.29) is 24.7 Å². The smallest absolute Gasteiger partial charge is 0.370 e. The molecule has 4 nitrogen and oxygen atoms in total. The highest BCUT2D eigenvalue weighted by molar-refractivity contribution is 5.78. The molecule has 0 aliphatic carbocycles. The topological polar surface area (TPSA) is 41.6 Å². The standard InChI is InChI=1S/C16H21F3N2O2/c1-11-9-23-15(13-6-4-3-5-7-13)12(2)21(11)8-14(22)20-10-16(17,18)19/h3-7,11-12,15H,8-10H2,1-2H3,(H,20,22)/t11-,12+,15+/m1/s1. The van der Waals surface area contributed by atoms with Gasteiger partial charge < -0.3 is 10.1 Å². The minimum Gasteiger partial charge on any atom is -0.370 e. The summed E-state index contributed by atoms with van der Waals surface area (Å²) in [6.07, 6.45) is -4.60. The zero-order chi connectivity index (χ0) is 17.0. The fourth-order valence-corrected chi connectivity index (χ4v) is 2.79. The van der Waals surface area contributed by atoms with Gasteiger partial charge in [0.2, 0.25) is 5.91 Å². The molecule has 1 saturated heterocycles. The van der Waals surface area contributed by atoms with Gasteiger partial charge in [-0.05, 0) is 19.4 Å². The van der Waals surface area contributed by atoms with Gasteiger partial charge in [0.05, 0.1) is 19.3 Å². The fourth-order valence-electron chi connectivity index (χ4n) is 2.79. The Bertz CT molecular complexity index is 522. The Hall–Kier alpha value is -1.60. The van der Waals surface area contributed by atoms with Gasteiger partial charge in [-0.2, -0.15) is 13.2 Å². The first-order valence-electron chi connectivity index (χ1n) is 7.53. The Morgan fingerprint density at radius 2 is 1.96 bits per heavy atom. The molecule has 0 bridgehead atoms. The van der Waals surface area contributed by atoms with Crippen LogP contribution in [-0.4, -0.2) is 48.8 Å². The third-order valence-corrected chi connectivity index (χ3v) is 3.98. The molecule has 1 aliphatic rings. The molecular formula is C16H21F3N2O2. The summed E-state index contributed by atoms with van der Waals surface area (Å²) in [6.45, 7) is 2.86. The van der Waals surface area contributed by atoms with E-state index in [4.69, 9.17) is 4.74 Å². The van der Waals surface area contributed by atoms with Gasteiger partial charge in [0.15, 0.2) is 0 Å². The number of amides is 1. The maximum Gasteiger partial charge on any atom is 0.405 e. The van der Waals surface area contributed by atoms with Gasteiger partial charge in [-0.25, -0.2) is 0 Å². The average molecular weight is 330 g/mol. The van der Waals surface area contributed by atoms with Crippen molar-refractivity contribution in [2.24, 2.45) is 0 Å². The number of nitrogens with zero attached hydrogens (tertiary/aromatic N) is 1. The van der Waals surface area contributed by atoms with Gasteiger partial charge in [-0.1, -0.05) is 30.3 Å². The first kappa shape index (κ1) is 17.7. The molecule has 1 aromatic rings. The fraction of sp³-hybridized carbons (Fsp3) is 0.562. The molecular weight excluding hydrogens is 309 g/mol. The van der Waals surface area contributed by atoms with E-state index in [1.54, 1.807) is 0 Å². The Kier molecular flexibility index (Phi) is 5.64. The highest BCUT2D eigenvalue weighted by atomic mass is 19.4. The molecule has 0 unspecified atom stereocenters. The van der Waals surface area contributed by atoms with Crippen LogP contribution >= 0.6 is 0 Å². The molecule has 0 radical (unpaired) electrons. The van der Waals surface area contributed by atoms with E-state index >= 15 is 0 Å². The Labute approximate surface area is 133 Å². The van der Waals surface area contributed by atoms with Crippen molar-refractivity contribution in [2.45, 2.75) is 38.2 Å². The monoisotopic (exact) mass is 330 g/mol. The quantitative estimate of drug-likeness (QED) is 0.922. The van der Waals surface area contributed by atoms with Crippen molar-refractivity contribution < 1.29 is 22.7 Å².